The molecule has 0 N–H and O–H groups in total. The summed E-state index contributed by atoms with van der Waals surface area (Å²) < 4.78 is 2.08. The van der Waals surface area contributed by atoms with Crippen molar-refractivity contribution >= 4 is 13.3 Å². The molecule has 1 aromatic heterocycles. The normalized spacial score (nSPS) is 11.8. The zero-order chi connectivity index (χ0) is 12.6. The van der Waals surface area contributed by atoms with Crippen molar-refractivity contribution < 1.29 is 0 Å². The Bertz CT molecular complexity index is 535. The number of rotatable bonds is 2. The van der Waals surface area contributed by atoms with Crippen LogP contribution in [0, 0.1) is 6.92 Å². The summed E-state index contributed by atoms with van der Waals surface area (Å²) in [5, 5.41) is 1.49. The van der Waals surface area contributed by atoms with Gasteiger partial charge in [0.05, 0.1) is 8.07 Å². The number of hydrogen-bond donors (Lipinski definition) is 0. The molecule has 0 radical (unpaired) electrons. The first kappa shape index (κ1) is 12.1. The van der Waals surface area contributed by atoms with E-state index in [1.807, 2.05) is 19.4 Å². The molecule has 1 aromatic carbocycles. The monoisotopic (exact) mass is 244 g/mol. The third kappa shape index (κ3) is 2.34. The van der Waals surface area contributed by atoms with E-state index in [0.29, 0.717) is 0 Å². The SMILES string of the molecule is Cc1ccc([Si](C)(C)C)cc1-c1nccn1C. The van der Waals surface area contributed by atoms with Crippen LogP contribution in [-0.4, -0.2) is 17.6 Å². The van der Waals surface area contributed by atoms with Crippen molar-refractivity contribution in [3.63, 3.8) is 0 Å². The molecule has 0 bridgehead atoms. The molecule has 0 aliphatic heterocycles. The Morgan fingerprint density at radius 2 is 1.88 bits per heavy atom. The fraction of sp³-hybridized carbons (Fsp3) is 0.357. The predicted octanol–water partition coefficient (Wildman–Crippen LogP) is 2.94. The maximum atomic E-state index is 4.45. The number of nitrogens with zero attached hydrogens (tertiary/aromatic N) is 2. The second kappa shape index (κ2) is 4.15. The van der Waals surface area contributed by atoms with E-state index in [0.717, 1.165) is 5.82 Å². The first-order chi connectivity index (χ1) is 7.89. The third-order valence-corrected chi connectivity index (χ3v) is 5.21. The molecule has 90 valence electrons. The lowest BCUT2D eigenvalue weighted by Crippen LogP contribution is -2.37. The molecule has 0 saturated carbocycles. The minimum Gasteiger partial charge on any atom is -0.334 e. The number of benzene rings is 1. The zero-order valence-electron chi connectivity index (χ0n) is 11.3. The summed E-state index contributed by atoms with van der Waals surface area (Å²) in [6, 6.07) is 6.81. The van der Waals surface area contributed by atoms with Gasteiger partial charge in [0.1, 0.15) is 5.82 Å². The summed E-state index contributed by atoms with van der Waals surface area (Å²) in [6.45, 7) is 9.28. The first-order valence-corrected chi connectivity index (χ1v) is 9.48. The molecular formula is C14H20N2Si. The van der Waals surface area contributed by atoms with Gasteiger partial charge in [-0.1, -0.05) is 43.0 Å². The van der Waals surface area contributed by atoms with Crippen LogP contribution in [0.1, 0.15) is 5.56 Å². The molecule has 0 spiro atoms. The molecule has 0 atom stereocenters. The lowest BCUT2D eigenvalue weighted by atomic mass is 10.1. The molecule has 3 heteroatoms. The van der Waals surface area contributed by atoms with Crippen LogP contribution < -0.4 is 5.19 Å². The van der Waals surface area contributed by atoms with Gasteiger partial charge in [-0.05, 0) is 12.5 Å². The van der Waals surface area contributed by atoms with Gasteiger partial charge < -0.3 is 4.57 Å². The molecule has 0 aliphatic carbocycles. The lowest BCUT2D eigenvalue weighted by Gasteiger charge is -2.18. The Labute approximate surface area is 104 Å². The van der Waals surface area contributed by atoms with Gasteiger partial charge in [-0.25, -0.2) is 4.98 Å². The number of aromatic nitrogens is 2. The van der Waals surface area contributed by atoms with E-state index in [1.165, 1.54) is 16.3 Å². The molecule has 17 heavy (non-hydrogen) atoms. The van der Waals surface area contributed by atoms with Gasteiger partial charge in [0.25, 0.3) is 0 Å². The summed E-state index contributed by atoms with van der Waals surface area (Å²) in [4.78, 5) is 4.45. The van der Waals surface area contributed by atoms with Crippen LogP contribution in [0.4, 0.5) is 0 Å². The van der Waals surface area contributed by atoms with Crippen LogP contribution in [-0.2, 0) is 7.05 Å². The molecule has 2 rings (SSSR count). The molecule has 0 aliphatic rings. The first-order valence-electron chi connectivity index (χ1n) is 5.98. The Morgan fingerprint density at radius 1 is 1.18 bits per heavy atom. The van der Waals surface area contributed by atoms with E-state index < -0.39 is 8.07 Å². The highest BCUT2D eigenvalue weighted by molar-refractivity contribution is 6.88. The molecule has 0 amide bonds. The van der Waals surface area contributed by atoms with Crippen LogP contribution in [0.3, 0.4) is 0 Å². The fourth-order valence-corrected chi connectivity index (χ4v) is 3.12. The Morgan fingerprint density at radius 3 is 2.41 bits per heavy atom. The zero-order valence-corrected chi connectivity index (χ0v) is 12.3. The second-order valence-corrected chi connectivity index (χ2v) is 10.7. The highest BCUT2D eigenvalue weighted by atomic mass is 28.3. The smallest absolute Gasteiger partial charge is 0.139 e. The molecule has 0 fully saturated rings. The molecule has 1 heterocycles. The van der Waals surface area contributed by atoms with Crippen LogP contribution >= 0.6 is 0 Å². The summed E-state index contributed by atoms with van der Waals surface area (Å²) >= 11 is 0. The van der Waals surface area contributed by atoms with Gasteiger partial charge >= 0.3 is 0 Å². The van der Waals surface area contributed by atoms with E-state index in [9.17, 15) is 0 Å². The van der Waals surface area contributed by atoms with Crippen molar-refractivity contribution in [2.45, 2.75) is 26.6 Å². The average molecular weight is 244 g/mol. The van der Waals surface area contributed by atoms with E-state index in [1.54, 1.807) is 0 Å². The Kier molecular flexibility index (Phi) is 2.95. The molecule has 0 unspecified atom stereocenters. The van der Waals surface area contributed by atoms with E-state index >= 15 is 0 Å². The minimum absolute atomic E-state index is 1.06. The van der Waals surface area contributed by atoms with Crippen molar-refractivity contribution in [2.75, 3.05) is 0 Å². The molecule has 2 aromatic rings. The second-order valence-electron chi connectivity index (χ2n) is 5.64. The van der Waals surface area contributed by atoms with Gasteiger partial charge in [0.15, 0.2) is 0 Å². The van der Waals surface area contributed by atoms with Crippen LogP contribution in [0.15, 0.2) is 30.6 Å². The summed E-state index contributed by atoms with van der Waals surface area (Å²) in [6.07, 6.45) is 3.85. The van der Waals surface area contributed by atoms with Gasteiger partial charge in [0.2, 0.25) is 0 Å². The highest BCUT2D eigenvalue weighted by Crippen LogP contribution is 2.21. The van der Waals surface area contributed by atoms with Gasteiger partial charge in [-0.15, -0.1) is 0 Å². The van der Waals surface area contributed by atoms with Crippen LogP contribution in [0.5, 0.6) is 0 Å². The van der Waals surface area contributed by atoms with Crippen molar-refractivity contribution in [2.24, 2.45) is 7.05 Å². The molecule has 0 saturated heterocycles. The van der Waals surface area contributed by atoms with Crippen LogP contribution in [0.2, 0.25) is 19.6 Å². The maximum Gasteiger partial charge on any atom is 0.139 e. The summed E-state index contributed by atoms with van der Waals surface area (Å²) in [5.74, 6) is 1.06. The number of aryl methyl sites for hydroxylation is 2. The van der Waals surface area contributed by atoms with Crippen molar-refractivity contribution in [1.82, 2.24) is 9.55 Å². The Balaban J connectivity index is 2.58. The van der Waals surface area contributed by atoms with Crippen molar-refractivity contribution in [3.05, 3.63) is 36.2 Å². The topological polar surface area (TPSA) is 17.8 Å². The maximum absolute atomic E-state index is 4.45. The van der Waals surface area contributed by atoms with E-state index in [-0.39, 0.29) is 0 Å². The summed E-state index contributed by atoms with van der Waals surface area (Å²) in [5.41, 5.74) is 2.55. The van der Waals surface area contributed by atoms with Crippen LogP contribution in [0.25, 0.3) is 11.4 Å². The Hall–Kier alpha value is -1.35. The van der Waals surface area contributed by atoms with E-state index in [2.05, 4.69) is 54.3 Å². The van der Waals surface area contributed by atoms with Crippen molar-refractivity contribution in [1.29, 1.82) is 0 Å². The van der Waals surface area contributed by atoms with Crippen molar-refractivity contribution in [3.8, 4) is 11.4 Å². The lowest BCUT2D eigenvalue weighted by molar-refractivity contribution is 0.923. The molecular weight excluding hydrogens is 224 g/mol. The van der Waals surface area contributed by atoms with Gasteiger partial charge in [-0.3, -0.25) is 0 Å². The summed E-state index contributed by atoms with van der Waals surface area (Å²) in [7, 11) is 0.790. The highest BCUT2D eigenvalue weighted by Gasteiger charge is 2.18. The molecule has 2 nitrogen and oxygen atoms in total. The predicted molar refractivity (Wildman–Crippen MR) is 76.4 cm³/mol. The standard InChI is InChI=1S/C14H20N2Si/c1-11-6-7-12(17(3,4)5)10-13(11)14-15-8-9-16(14)2/h6-10H,1-5H3. The van der Waals surface area contributed by atoms with Gasteiger partial charge in [0, 0.05) is 25.0 Å². The van der Waals surface area contributed by atoms with Gasteiger partial charge in [-0.2, -0.15) is 0 Å². The number of imidazole rings is 1. The number of hydrogen-bond acceptors (Lipinski definition) is 1. The van der Waals surface area contributed by atoms with E-state index in [4.69, 9.17) is 0 Å². The quantitative estimate of drug-likeness (QED) is 0.743. The average Bonchev–Trinajstić information content (AvgIpc) is 2.63. The minimum atomic E-state index is -1.25. The third-order valence-electron chi connectivity index (χ3n) is 3.17. The fourth-order valence-electron chi connectivity index (χ4n) is 1.95. The largest absolute Gasteiger partial charge is 0.334 e.